The number of aryl methyl sites for hydroxylation is 1. The first kappa shape index (κ1) is 17.0. The Morgan fingerprint density at radius 1 is 1.09 bits per heavy atom. The van der Waals surface area contributed by atoms with Crippen LogP contribution in [0.2, 0.25) is 10.0 Å². The topological polar surface area (TPSA) is 21.3 Å². The fraction of sp³-hybridized carbons (Fsp3) is 0.333. The maximum absolute atomic E-state index is 6.12. The Bertz CT molecular complexity index is 641. The molecule has 0 radical (unpaired) electrons. The molecule has 4 heteroatoms. The normalized spacial score (nSPS) is 10.8. The molecule has 0 saturated carbocycles. The molecule has 0 aliphatic heterocycles. The molecule has 2 nitrogen and oxygen atoms in total. The van der Waals surface area contributed by atoms with Crippen molar-refractivity contribution < 1.29 is 4.74 Å². The second-order valence-corrected chi connectivity index (χ2v) is 6.44. The first-order valence-electron chi connectivity index (χ1n) is 7.39. The summed E-state index contributed by atoms with van der Waals surface area (Å²) in [6.07, 6.45) is 0. The van der Waals surface area contributed by atoms with Gasteiger partial charge in [0.15, 0.2) is 0 Å². The SMILES string of the molecule is Cc1ccc(C(C)C)c(OCCNc2cc(Cl)ccc2Cl)c1. The second kappa shape index (κ2) is 7.75. The van der Waals surface area contributed by atoms with Gasteiger partial charge in [-0.3, -0.25) is 0 Å². The van der Waals surface area contributed by atoms with E-state index in [0.29, 0.717) is 29.1 Å². The van der Waals surface area contributed by atoms with E-state index in [2.05, 4.69) is 44.3 Å². The number of rotatable bonds is 6. The van der Waals surface area contributed by atoms with Crippen molar-refractivity contribution in [1.29, 1.82) is 0 Å². The van der Waals surface area contributed by atoms with Gasteiger partial charge in [0.1, 0.15) is 12.4 Å². The van der Waals surface area contributed by atoms with Gasteiger partial charge in [-0.05, 0) is 48.2 Å². The highest BCUT2D eigenvalue weighted by Crippen LogP contribution is 2.28. The summed E-state index contributed by atoms with van der Waals surface area (Å²) in [6.45, 7) is 7.63. The van der Waals surface area contributed by atoms with Gasteiger partial charge in [0.2, 0.25) is 0 Å². The first-order valence-corrected chi connectivity index (χ1v) is 8.15. The van der Waals surface area contributed by atoms with Crippen LogP contribution < -0.4 is 10.1 Å². The molecule has 0 saturated heterocycles. The molecule has 0 fully saturated rings. The molecule has 2 rings (SSSR count). The van der Waals surface area contributed by atoms with Crippen molar-refractivity contribution in [3.63, 3.8) is 0 Å². The average molecular weight is 338 g/mol. The fourth-order valence-electron chi connectivity index (χ4n) is 2.22. The van der Waals surface area contributed by atoms with Crippen LogP contribution in [0.5, 0.6) is 5.75 Å². The Morgan fingerprint density at radius 2 is 1.86 bits per heavy atom. The minimum Gasteiger partial charge on any atom is -0.491 e. The summed E-state index contributed by atoms with van der Waals surface area (Å²) >= 11 is 12.1. The number of anilines is 1. The zero-order valence-corrected chi connectivity index (χ0v) is 14.6. The van der Waals surface area contributed by atoms with E-state index >= 15 is 0 Å². The predicted octanol–water partition coefficient (Wildman–Crippen LogP) is 5.92. The molecule has 0 aromatic heterocycles. The number of hydrogen-bond acceptors (Lipinski definition) is 2. The molecule has 0 unspecified atom stereocenters. The first-order chi connectivity index (χ1) is 10.5. The lowest BCUT2D eigenvalue weighted by molar-refractivity contribution is 0.328. The van der Waals surface area contributed by atoms with Crippen molar-refractivity contribution in [1.82, 2.24) is 0 Å². The Kier molecular flexibility index (Phi) is 5.98. The van der Waals surface area contributed by atoms with Crippen molar-refractivity contribution in [2.75, 3.05) is 18.5 Å². The quantitative estimate of drug-likeness (QED) is 0.661. The van der Waals surface area contributed by atoms with Crippen molar-refractivity contribution in [2.24, 2.45) is 0 Å². The minimum absolute atomic E-state index is 0.436. The summed E-state index contributed by atoms with van der Waals surface area (Å²) in [7, 11) is 0. The number of benzene rings is 2. The lowest BCUT2D eigenvalue weighted by Crippen LogP contribution is -2.12. The molecule has 1 N–H and O–H groups in total. The highest BCUT2D eigenvalue weighted by atomic mass is 35.5. The van der Waals surface area contributed by atoms with E-state index in [-0.39, 0.29) is 0 Å². The Morgan fingerprint density at radius 3 is 2.59 bits per heavy atom. The molecule has 0 aliphatic rings. The number of nitrogens with one attached hydrogen (secondary N) is 1. The van der Waals surface area contributed by atoms with Crippen LogP contribution in [0.1, 0.15) is 30.9 Å². The second-order valence-electron chi connectivity index (χ2n) is 5.60. The summed E-state index contributed by atoms with van der Waals surface area (Å²) in [6, 6.07) is 11.7. The molecule has 0 heterocycles. The fourth-order valence-corrected chi connectivity index (χ4v) is 2.58. The Hall–Kier alpha value is -1.38. The van der Waals surface area contributed by atoms with Crippen LogP contribution in [0.15, 0.2) is 36.4 Å². The van der Waals surface area contributed by atoms with Gasteiger partial charge in [-0.1, -0.05) is 49.2 Å². The number of hydrogen-bond donors (Lipinski definition) is 1. The van der Waals surface area contributed by atoms with Gasteiger partial charge in [0.05, 0.1) is 10.7 Å². The maximum Gasteiger partial charge on any atom is 0.123 e. The molecule has 0 bridgehead atoms. The maximum atomic E-state index is 6.12. The lowest BCUT2D eigenvalue weighted by Gasteiger charge is -2.15. The molecule has 118 valence electrons. The van der Waals surface area contributed by atoms with Gasteiger partial charge < -0.3 is 10.1 Å². The third kappa shape index (κ3) is 4.56. The van der Waals surface area contributed by atoms with Crippen LogP contribution in [0, 0.1) is 6.92 Å². The molecular formula is C18H21Cl2NO. The van der Waals surface area contributed by atoms with Gasteiger partial charge in [0.25, 0.3) is 0 Å². The predicted molar refractivity (Wildman–Crippen MR) is 95.7 cm³/mol. The monoisotopic (exact) mass is 337 g/mol. The highest BCUT2D eigenvalue weighted by molar-refractivity contribution is 6.35. The van der Waals surface area contributed by atoms with Gasteiger partial charge in [-0.15, -0.1) is 0 Å². The van der Waals surface area contributed by atoms with E-state index in [4.69, 9.17) is 27.9 Å². The van der Waals surface area contributed by atoms with E-state index in [1.54, 1.807) is 12.1 Å². The zero-order valence-electron chi connectivity index (χ0n) is 13.1. The van der Waals surface area contributed by atoms with Gasteiger partial charge >= 0.3 is 0 Å². The van der Waals surface area contributed by atoms with E-state index in [0.717, 1.165) is 11.4 Å². The summed E-state index contributed by atoms with van der Waals surface area (Å²) < 4.78 is 5.93. The van der Waals surface area contributed by atoms with Crippen LogP contribution in [0.4, 0.5) is 5.69 Å². The van der Waals surface area contributed by atoms with E-state index < -0.39 is 0 Å². The van der Waals surface area contributed by atoms with Crippen LogP contribution in [0.3, 0.4) is 0 Å². The van der Waals surface area contributed by atoms with Crippen LogP contribution >= 0.6 is 23.2 Å². The standard InChI is InChI=1S/C18H21Cl2NO/c1-12(2)15-6-4-13(3)10-18(15)22-9-8-21-17-11-14(19)5-7-16(17)20/h4-7,10-12,21H,8-9H2,1-3H3. The largest absolute Gasteiger partial charge is 0.491 e. The summed E-state index contributed by atoms with van der Waals surface area (Å²) in [5, 5.41) is 4.56. The van der Waals surface area contributed by atoms with Crippen LogP contribution in [-0.2, 0) is 0 Å². The summed E-state index contributed by atoms with van der Waals surface area (Å²) in [5.74, 6) is 1.39. The molecule has 0 amide bonds. The van der Waals surface area contributed by atoms with Crippen molar-refractivity contribution in [2.45, 2.75) is 26.7 Å². The number of ether oxygens (including phenoxy) is 1. The molecule has 2 aromatic rings. The van der Waals surface area contributed by atoms with Crippen molar-refractivity contribution in [3.05, 3.63) is 57.6 Å². The van der Waals surface area contributed by atoms with Gasteiger partial charge in [-0.25, -0.2) is 0 Å². The minimum atomic E-state index is 0.436. The smallest absolute Gasteiger partial charge is 0.123 e. The van der Waals surface area contributed by atoms with E-state index in [1.165, 1.54) is 11.1 Å². The molecule has 0 spiro atoms. The zero-order chi connectivity index (χ0) is 16.1. The summed E-state index contributed by atoms with van der Waals surface area (Å²) in [4.78, 5) is 0. The van der Waals surface area contributed by atoms with Crippen molar-refractivity contribution in [3.8, 4) is 5.75 Å². The van der Waals surface area contributed by atoms with Crippen molar-refractivity contribution >= 4 is 28.9 Å². The number of halogens is 2. The van der Waals surface area contributed by atoms with Gasteiger partial charge in [0, 0.05) is 11.6 Å². The van der Waals surface area contributed by atoms with Crippen LogP contribution in [0.25, 0.3) is 0 Å². The lowest BCUT2D eigenvalue weighted by atomic mass is 10.0. The van der Waals surface area contributed by atoms with E-state index in [1.807, 2.05) is 6.07 Å². The van der Waals surface area contributed by atoms with E-state index in [9.17, 15) is 0 Å². The Labute approximate surface area is 142 Å². The van der Waals surface area contributed by atoms with Crippen LogP contribution in [-0.4, -0.2) is 13.2 Å². The molecular weight excluding hydrogens is 317 g/mol. The molecule has 0 atom stereocenters. The molecule has 22 heavy (non-hydrogen) atoms. The highest BCUT2D eigenvalue weighted by Gasteiger charge is 2.08. The summed E-state index contributed by atoms with van der Waals surface area (Å²) in [5.41, 5.74) is 3.25. The molecule has 2 aromatic carbocycles. The molecule has 0 aliphatic carbocycles. The third-order valence-electron chi connectivity index (χ3n) is 3.39. The average Bonchev–Trinajstić information content (AvgIpc) is 2.46. The third-order valence-corrected chi connectivity index (χ3v) is 3.96. The Balaban J connectivity index is 1.94. The van der Waals surface area contributed by atoms with Gasteiger partial charge in [-0.2, -0.15) is 0 Å².